The second-order valence-electron chi connectivity index (χ2n) is 8.75. The third-order valence-corrected chi connectivity index (χ3v) is 5.60. The van der Waals surface area contributed by atoms with Gasteiger partial charge in [-0.05, 0) is 16.7 Å². The molecule has 0 aromatic heterocycles. The highest BCUT2D eigenvalue weighted by molar-refractivity contribution is 6.64. The van der Waals surface area contributed by atoms with Crippen LogP contribution in [0.4, 0.5) is 0 Å². The van der Waals surface area contributed by atoms with Crippen LogP contribution in [0.5, 0.6) is 0 Å². The minimum absolute atomic E-state index is 0.121. The van der Waals surface area contributed by atoms with Gasteiger partial charge in [0.25, 0.3) is 13.2 Å². The van der Waals surface area contributed by atoms with Crippen LogP contribution in [-0.4, -0.2) is 43.2 Å². The smallest absolute Gasteiger partial charge is 0.331 e. The number of benzene rings is 2. The maximum atomic E-state index is 13.4. The minimum atomic E-state index is -1.71. The predicted molar refractivity (Wildman–Crippen MR) is 120 cm³/mol. The largest absolute Gasteiger partial charge is 0.422 e. The van der Waals surface area contributed by atoms with Crippen LogP contribution in [0.15, 0.2) is 54.6 Å². The van der Waals surface area contributed by atoms with E-state index < -0.39 is 40.9 Å². The van der Waals surface area contributed by atoms with Gasteiger partial charge in [-0.15, -0.1) is 0 Å². The molecule has 32 heavy (non-hydrogen) atoms. The van der Waals surface area contributed by atoms with Gasteiger partial charge in [0.2, 0.25) is 5.92 Å². The van der Waals surface area contributed by atoms with Crippen LogP contribution in [0, 0.1) is 5.92 Å². The Bertz CT molecular complexity index is 997. The molecule has 2 aromatic carbocycles. The average Bonchev–Trinajstić information content (AvgIpc) is 2.73. The summed E-state index contributed by atoms with van der Waals surface area (Å²) in [5.41, 5.74) is 2.00. The van der Waals surface area contributed by atoms with Crippen molar-refractivity contribution in [3.63, 3.8) is 0 Å². The zero-order chi connectivity index (χ0) is 23.5. The number of nitrogens with one attached hydrogen (secondary N) is 1. The topological polar surface area (TPSA) is 98.8 Å². The molecular formula is C24H26BNO6. The highest BCUT2D eigenvalue weighted by Gasteiger charge is 2.51. The maximum absolute atomic E-state index is 13.4. The van der Waals surface area contributed by atoms with Gasteiger partial charge in [-0.3, -0.25) is 14.4 Å². The van der Waals surface area contributed by atoms with Gasteiger partial charge in [0, 0.05) is 19.3 Å². The Labute approximate surface area is 187 Å². The molecule has 0 spiro atoms. The van der Waals surface area contributed by atoms with Crippen molar-refractivity contribution in [3.05, 3.63) is 60.2 Å². The Balaban J connectivity index is 1.92. The summed E-state index contributed by atoms with van der Waals surface area (Å²) in [6, 6.07) is 16.5. The molecule has 1 aliphatic heterocycles. The zero-order valence-corrected chi connectivity index (χ0v) is 18.6. The summed E-state index contributed by atoms with van der Waals surface area (Å²) in [7, 11) is -0.121. The van der Waals surface area contributed by atoms with Crippen molar-refractivity contribution in [2.45, 2.75) is 44.9 Å². The van der Waals surface area contributed by atoms with E-state index in [1.807, 2.05) is 68.4 Å². The van der Waals surface area contributed by atoms with Gasteiger partial charge in [0.1, 0.15) is 0 Å². The molecule has 0 amide bonds. The molecule has 0 unspecified atom stereocenters. The highest BCUT2D eigenvalue weighted by Crippen LogP contribution is 2.33. The van der Waals surface area contributed by atoms with E-state index in [0.29, 0.717) is 6.19 Å². The number of ketones is 1. The Morgan fingerprint density at radius 1 is 1.00 bits per heavy atom. The van der Waals surface area contributed by atoms with Gasteiger partial charge in [-0.2, -0.15) is 0 Å². The summed E-state index contributed by atoms with van der Waals surface area (Å²) < 4.78 is 10.2. The summed E-state index contributed by atoms with van der Waals surface area (Å²) in [4.78, 5) is 49.3. The quantitative estimate of drug-likeness (QED) is 0.294. The lowest BCUT2D eigenvalue weighted by molar-refractivity contribution is -0.238. The Hall–Kier alpha value is -3.26. The van der Waals surface area contributed by atoms with Crippen LogP contribution in [0.1, 0.15) is 33.3 Å². The van der Waals surface area contributed by atoms with Crippen LogP contribution in [-0.2, 0) is 34.1 Å². The van der Waals surface area contributed by atoms with E-state index in [4.69, 9.17) is 9.47 Å². The first kappa shape index (κ1) is 23.4. The molecule has 0 saturated carbocycles. The van der Waals surface area contributed by atoms with Crippen molar-refractivity contribution in [1.29, 1.82) is 0 Å². The number of rotatable bonds is 8. The van der Waals surface area contributed by atoms with E-state index in [1.54, 1.807) is 0 Å². The second-order valence-corrected chi connectivity index (χ2v) is 8.75. The molecule has 3 rings (SSSR count). The molecule has 1 aliphatic rings. The van der Waals surface area contributed by atoms with E-state index in [9.17, 15) is 19.2 Å². The lowest BCUT2D eigenvalue weighted by atomic mass is 9.71. The van der Waals surface area contributed by atoms with Crippen molar-refractivity contribution in [2.24, 2.45) is 5.92 Å². The lowest BCUT2D eigenvalue weighted by Gasteiger charge is -2.38. The van der Waals surface area contributed by atoms with Gasteiger partial charge < -0.3 is 19.5 Å². The Morgan fingerprint density at radius 3 is 2.06 bits per heavy atom. The van der Waals surface area contributed by atoms with Crippen molar-refractivity contribution >= 4 is 31.3 Å². The summed E-state index contributed by atoms with van der Waals surface area (Å²) >= 11 is 0. The summed E-state index contributed by atoms with van der Waals surface area (Å²) in [6.45, 7) is 6.47. The van der Waals surface area contributed by atoms with Gasteiger partial charge >= 0.3 is 11.9 Å². The first-order valence-corrected chi connectivity index (χ1v) is 10.4. The van der Waals surface area contributed by atoms with Crippen LogP contribution in [0.3, 0.4) is 0 Å². The first-order chi connectivity index (χ1) is 15.1. The molecular weight excluding hydrogens is 409 g/mol. The molecule has 1 N–H and O–H groups in total. The molecule has 1 atom stereocenters. The van der Waals surface area contributed by atoms with E-state index >= 15 is 0 Å². The number of carbonyl (C=O) groups excluding carboxylic acids is 4. The monoisotopic (exact) mass is 435 g/mol. The van der Waals surface area contributed by atoms with Crippen LogP contribution < -0.4 is 5.23 Å². The van der Waals surface area contributed by atoms with E-state index in [1.165, 1.54) is 13.8 Å². The SMILES string of the molecule is CC1(C)OC(=O)C(C(=O)[C@H](NBC=O)C(C)(C)c2ccc(-c3ccccc3)cc2)C(=O)O1. The van der Waals surface area contributed by atoms with Crippen LogP contribution >= 0.6 is 0 Å². The molecule has 2 aromatic rings. The average molecular weight is 435 g/mol. The minimum Gasteiger partial charge on any atom is -0.422 e. The lowest BCUT2D eigenvalue weighted by Crippen LogP contribution is -2.59. The van der Waals surface area contributed by atoms with Crippen molar-refractivity contribution in [1.82, 2.24) is 5.23 Å². The van der Waals surface area contributed by atoms with Crippen molar-refractivity contribution < 1.29 is 28.7 Å². The Morgan fingerprint density at radius 2 is 1.53 bits per heavy atom. The molecule has 1 heterocycles. The second kappa shape index (κ2) is 9.08. The summed E-state index contributed by atoms with van der Waals surface area (Å²) in [6.07, 6.45) is 0.621. The number of hydrogen-bond donors (Lipinski definition) is 1. The van der Waals surface area contributed by atoms with Gasteiger partial charge in [0.15, 0.2) is 5.78 Å². The fourth-order valence-electron chi connectivity index (χ4n) is 3.89. The van der Waals surface area contributed by atoms with Crippen molar-refractivity contribution in [2.75, 3.05) is 0 Å². The number of Topliss-reactive ketones (excluding diaryl/α,β-unsaturated/α-hetero) is 1. The molecule has 166 valence electrons. The molecule has 0 aliphatic carbocycles. The van der Waals surface area contributed by atoms with E-state index in [0.717, 1.165) is 16.7 Å². The fraction of sp³-hybridized carbons (Fsp3) is 0.333. The molecule has 0 bridgehead atoms. The Kier molecular flexibility index (Phi) is 6.64. The van der Waals surface area contributed by atoms with Crippen LogP contribution in [0.2, 0.25) is 0 Å². The van der Waals surface area contributed by atoms with E-state index in [-0.39, 0.29) is 7.41 Å². The molecule has 7 nitrogen and oxygen atoms in total. The number of carbonyl (C=O) groups is 4. The molecule has 1 fully saturated rings. The molecule has 8 heteroatoms. The van der Waals surface area contributed by atoms with Crippen LogP contribution in [0.25, 0.3) is 11.1 Å². The highest BCUT2D eigenvalue weighted by atomic mass is 16.7. The third kappa shape index (κ3) is 4.80. The fourth-order valence-corrected chi connectivity index (χ4v) is 3.89. The zero-order valence-electron chi connectivity index (χ0n) is 18.6. The van der Waals surface area contributed by atoms with Gasteiger partial charge in [0.05, 0.1) is 12.2 Å². The number of ether oxygens (including phenoxy) is 2. The third-order valence-electron chi connectivity index (χ3n) is 5.60. The summed E-state index contributed by atoms with van der Waals surface area (Å²) in [5.74, 6) is -5.75. The van der Waals surface area contributed by atoms with Gasteiger partial charge in [-0.25, -0.2) is 0 Å². The van der Waals surface area contributed by atoms with Gasteiger partial charge in [-0.1, -0.05) is 68.4 Å². The number of esters is 2. The summed E-state index contributed by atoms with van der Waals surface area (Å²) in [5, 5.41) is 2.88. The number of cyclic esters (lactones) is 2. The molecule has 1 saturated heterocycles. The maximum Gasteiger partial charge on any atom is 0.331 e. The molecule has 0 radical (unpaired) electrons. The normalized spacial score (nSPS) is 17.1. The van der Waals surface area contributed by atoms with E-state index in [2.05, 4.69) is 5.23 Å². The first-order valence-electron chi connectivity index (χ1n) is 10.4. The number of hydrogen-bond acceptors (Lipinski definition) is 7. The standard InChI is InChI=1S/C24H26BNO6/c1-23(2,17-12-10-16(11-13-17)15-8-6-5-7-9-15)20(26-25-14-27)19(28)18-21(29)31-24(3,4)32-22(18)30/h5-14,18,20,25-26H,1-4H3/t20-/m0/s1. The van der Waals surface area contributed by atoms with Crippen molar-refractivity contribution in [3.8, 4) is 11.1 Å². The predicted octanol–water partition coefficient (Wildman–Crippen LogP) is 2.15.